The molecule has 1 N–H and O–H groups in total. The second-order valence-corrected chi connectivity index (χ2v) is 5.74. The van der Waals surface area contributed by atoms with Gasteiger partial charge in [0.2, 0.25) is 5.76 Å². The molecule has 0 bridgehead atoms. The maximum absolute atomic E-state index is 12.7. The van der Waals surface area contributed by atoms with Gasteiger partial charge in [0.15, 0.2) is 0 Å². The van der Waals surface area contributed by atoms with Gasteiger partial charge in [0.05, 0.1) is 6.54 Å². The molecule has 1 saturated carbocycles. The molecule has 0 atom stereocenters. The molecule has 5 heteroatoms. The van der Waals surface area contributed by atoms with Crippen LogP contribution in [0.1, 0.15) is 37.2 Å². The molecule has 3 rings (SSSR count). The number of hydrogen-bond donors (Lipinski definition) is 1. The van der Waals surface area contributed by atoms with E-state index in [9.17, 15) is 4.79 Å². The zero-order chi connectivity index (χ0) is 16.1. The number of hydrogen-bond acceptors (Lipinski definition) is 3. The molecule has 2 amide bonds. The van der Waals surface area contributed by atoms with Crippen molar-refractivity contribution in [3.05, 3.63) is 54.0 Å². The highest BCUT2D eigenvalue weighted by molar-refractivity contribution is 5.89. The summed E-state index contributed by atoms with van der Waals surface area (Å²) in [4.78, 5) is 14.5. The fourth-order valence-corrected chi connectivity index (χ4v) is 2.99. The first-order valence-electron chi connectivity index (χ1n) is 7.88. The number of furan rings is 1. The summed E-state index contributed by atoms with van der Waals surface area (Å²) in [6.45, 7) is 0.380. The van der Waals surface area contributed by atoms with E-state index in [0.717, 1.165) is 31.4 Å². The molecule has 0 radical (unpaired) electrons. The molecular weight excluding hydrogens is 290 g/mol. The molecule has 0 aliphatic heterocycles. The summed E-state index contributed by atoms with van der Waals surface area (Å²) in [6.07, 6.45) is 4.30. The van der Waals surface area contributed by atoms with E-state index in [4.69, 9.17) is 9.68 Å². The summed E-state index contributed by atoms with van der Waals surface area (Å²) in [5.74, 6) is 0.909. The smallest absolute Gasteiger partial charge is 0.322 e. The lowest BCUT2D eigenvalue weighted by Gasteiger charge is -2.28. The Morgan fingerprint density at radius 3 is 2.61 bits per heavy atom. The Morgan fingerprint density at radius 1 is 1.22 bits per heavy atom. The molecule has 1 heterocycles. The van der Waals surface area contributed by atoms with Crippen LogP contribution in [0.5, 0.6) is 0 Å². The van der Waals surface area contributed by atoms with Crippen LogP contribution < -0.4 is 5.32 Å². The average molecular weight is 309 g/mol. The molecule has 5 nitrogen and oxygen atoms in total. The van der Waals surface area contributed by atoms with Gasteiger partial charge in [-0.25, -0.2) is 4.79 Å². The van der Waals surface area contributed by atoms with Gasteiger partial charge in [-0.1, -0.05) is 31.0 Å². The van der Waals surface area contributed by atoms with Gasteiger partial charge >= 0.3 is 6.03 Å². The van der Waals surface area contributed by atoms with Gasteiger partial charge < -0.3 is 14.6 Å². The van der Waals surface area contributed by atoms with Crippen molar-refractivity contribution in [2.24, 2.45) is 0 Å². The molecule has 1 aliphatic rings. The van der Waals surface area contributed by atoms with Gasteiger partial charge in [0, 0.05) is 11.7 Å². The minimum atomic E-state index is -0.127. The van der Waals surface area contributed by atoms with Crippen LogP contribution >= 0.6 is 0 Å². The van der Waals surface area contributed by atoms with Crippen molar-refractivity contribution in [2.45, 2.75) is 38.3 Å². The highest BCUT2D eigenvalue weighted by Gasteiger charge is 2.27. The van der Waals surface area contributed by atoms with Crippen molar-refractivity contribution < 1.29 is 9.21 Å². The van der Waals surface area contributed by atoms with Crippen molar-refractivity contribution in [3.63, 3.8) is 0 Å². The Hall–Kier alpha value is -2.74. The van der Waals surface area contributed by atoms with E-state index in [1.165, 1.54) is 0 Å². The maximum atomic E-state index is 12.7. The summed E-state index contributed by atoms with van der Waals surface area (Å²) in [5, 5.41) is 11.8. The van der Waals surface area contributed by atoms with E-state index in [1.807, 2.05) is 41.3 Å². The lowest BCUT2D eigenvalue weighted by atomic mass is 10.2. The van der Waals surface area contributed by atoms with Crippen molar-refractivity contribution >= 4 is 11.7 Å². The van der Waals surface area contributed by atoms with Gasteiger partial charge in [0.25, 0.3) is 0 Å². The fraction of sp³-hybridized carbons (Fsp3) is 0.333. The van der Waals surface area contributed by atoms with E-state index in [-0.39, 0.29) is 17.8 Å². The number of benzene rings is 1. The predicted octanol–water partition coefficient (Wildman–Crippen LogP) is 4.13. The topological polar surface area (TPSA) is 69.3 Å². The number of rotatable bonds is 4. The molecule has 0 saturated heterocycles. The summed E-state index contributed by atoms with van der Waals surface area (Å²) in [5.41, 5.74) is 0.776. The van der Waals surface area contributed by atoms with Crippen LogP contribution in [0.4, 0.5) is 10.5 Å². The molecule has 1 aliphatic carbocycles. The van der Waals surface area contributed by atoms with Crippen molar-refractivity contribution in [1.82, 2.24) is 4.90 Å². The summed E-state index contributed by atoms with van der Waals surface area (Å²) in [7, 11) is 0. The molecule has 1 aromatic heterocycles. The third-order valence-corrected chi connectivity index (χ3v) is 4.15. The van der Waals surface area contributed by atoms with E-state index in [0.29, 0.717) is 12.3 Å². The van der Waals surface area contributed by atoms with Crippen molar-refractivity contribution in [1.29, 1.82) is 5.26 Å². The van der Waals surface area contributed by atoms with E-state index in [1.54, 1.807) is 12.1 Å². The second-order valence-electron chi connectivity index (χ2n) is 5.74. The molecule has 1 aromatic carbocycles. The molecular formula is C18H19N3O2. The summed E-state index contributed by atoms with van der Waals surface area (Å²) in [6, 6.07) is 14.9. The number of amides is 2. The normalized spacial score (nSPS) is 14.4. The summed E-state index contributed by atoms with van der Waals surface area (Å²) < 4.78 is 5.44. The van der Waals surface area contributed by atoms with Gasteiger partial charge in [0.1, 0.15) is 11.8 Å². The zero-order valence-corrected chi connectivity index (χ0v) is 12.9. The number of nitrogens with zero attached hydrogens (tertiary/aromatic N) is 2. The van der Waals surface area contributed by atoms with E-state index >= 15 is 0 Å². The van der Waals surface area contributed by atoms with Gasteiger partial charge in [-0.05, 0) is 37.1 Å². The van der Waals surface area contributed by atoms with Crippen molar-refractivity contribution in [3.8, 4) is 6.07 Å². The average Bonchev–Trinajstić information content (AvgIpc) is 3.25. The van der Waals surface area contributed by atoms with Gasteiger partial charge in [-0.3, -0.25) is 0 Å². The predicted molar refractivity (Wildman–Crippen MR) is 86.7 cm³/mol. The van der Waals surface area contributed by atoms with Crippen LogP contribution in [0.25, 0.3) is 0 Å². The maximum Gasteiger partial charge on any atom is 0.322 e. The lowest BCUT2D eigenvalue weighted by Crippen LogP contribution is -2.41. The minimum absolute atomic E-state index is 0.127. The zero-order valence-electron chi connectivity index (χ0n) is 12.9. The first-order chi connectivity index (χ1) is 11.3. The Labute approximate surface area is 135 Å². The van der Waals surface area contributed by atoms with Gasteiger partial charge in [-0.2, -0.15) is 5.26 Å². The first kappa shape index (κ1) is 15.2. The second kappa shape index (κ2) is 7.01. The van der Waals surface area contributed by atoms with Crippen LogP contribution in [0.2, 0.25) is 0 Å². The van der Waals surface area contributed by atoms with Gasteiger partial charge in [-0.15, -0.1) is 0 Å². The minimum Gasteiger partial charge on any atom is -0.449 e. The standard InChI is InChI=1S/C18H19N3O2/c19-12-16-10-11-17(23-16)13-21(15-8-4-5-9-15)18(22)20-14-6-2-1-3-7-14/h1-3,6-7,10-11,15H,4-5,8-9,13H2,(H,20,22). The van der Waals surface area contributed by atoms with E-state index < -0.39 is 0 Å². The molecule has 1 fully saturated rings. The first-order valence-corrected chi connectivity index (χ1v) is 7.88. The van der Waals surface area contributed by atoms with Crippen LogP contribution in [-0.4, -0.2) is 17.0 Å². The summed E-state index contributed by atoms with van der Waals surface area (Å²) >= 11 is 0. The highest BCUT2D eigenvalue weighted by atomic mass is 16.3. The number of urea groups is 1. The molecule has 2 aromatic rings. The van der Waals surface area contributed by atoms with Crippen LogP contribution in [-0.2, 0) is 6.54 Å². The highest BCUT2D eigenvalue weighted by Crippen LogP contribution is 2.26. The van der Waals surface area contributed by atoms with Crippen molar-refractivity contribution in [2.75, 3.05) is 5.32 Å². The van der Waals surface area contributed by atoms with E-state index in [2.05, 4.69) is 5.32 Å². The largest absolute Gasteiger partial charge is 0.449 e. The molecule has 0 unspecified atom stereocenters. The van der Waals surface area contributed by atoms with Crippen LogP contribution in [0.3, 0.4) is 0 Å². The van der Waals surface area contributed by atoms with Crippen LogP contribution in [0, 0.1) is 11.3 Å². The number of nitrogens with one attached hydrogen (secondary N) is 1. The Balaban J connectivity index is 1.74. The Morgan fingerprint density at radius 2 is 1.96 bits per heavy atom. The third kappa shape index (κ3) is 3.72. The lowest BCUT2D eigenvalue weighted by molar-refractivity contribution is 0.178. The number of carbonyl (C=O) groups excluding carboxylic acids is 1. The molecule has 0 spiro atoms. The molecule has 118 valence electrons. The Bertz CT molecular complexity index is 697. The monoisotopic (exact) mass is 309 g/mol. The number of anilines is 1. The molecule has 23 heavy (non-hydrogen) atoms. The number of para-hydroxylation sites is 1. The quantitative estimate of drug-likeness (QED) is 0.923. The fourth-order valence-electron chi connectivity index (χ4n) is 2.99. The number of nitriles is 1. The van der Waals surface area contributed by atoms with Crippen LogP contribution in [0.15, 0.2) is 46.9 Å². The third-order valence-electron chi connectivity index (χ3n) is 4.15. The number of carbonyl (C=O) groups is 1. The SMILES string of the molecule is N#Cc1ccc(CN(C(=O)Nc2ccccc2)C2CCCC2)o1. The Kier molecular flexibility index (Phi) is 4.62.